The summed E-state index contributed by atoms with van der Waals surface area (Å²) in [5.74, 6) is 1.55. The molecule has 21 heavy (non-hydrogen) atoms. The van der Waals surface area contributed by atoms with Crippen molar-refractivity contribution in [3.63, 3.8) is 0 Å². The normalized spacial score (nSPS) is 12.1. The molecule has 0 aromatic heterocycles. The molecule has 5 nitrogen and oxygen atoms in total. The Balaban J connectivity index is 2.04. The molecule has 0 radical (unpaired) electrons. The first-order valence-corrected chi connectivity index (χ1v) is 7.34. The van der Waals surface area contributed by atoms with Gasteiger partial charge >= 0.3 is 0 Å². The van der Waals surface area contributed by atoms with Gasteiger partial charge in [-0.25, -0.2) is 0 Å². The maximum atomic E-state index is 5.62. The quantitative estimate of drug-likeness (QED) is 0.438. The Labute approximate surface area is 127 Å². The van der Waals surface area contributed by atoms with Crippen LogP contribution in [0.2, 0.25) is 0 Å². The van der Waals surface area contributed by atoms with E-state index in [-0.39, 0.29) is 6.29 Å². The van der Waals surface area contributed by atoms with Crippen LogP contribution in [0.4, 0.5) is 0 Å². The van der Waals surface area contributed by atoms with Gasteiger partial charge in [-0.1, -0.05) is 6.92 Å². The Kier molecular flexibility index (Phi) is 9.61. The minimum atomic E-state index is -0.321. The van der Waals surface area contributed by atoms with Crippen LogP contribution >= 0.6 is 0 Å². The van der Waals surface area contributed by atoms with E-state index in [1.807, 2.05) is 31.2 Å². The van der Waals surface area contributed by atoms with E-state index in [0.29, 0.717) is 26.4 Å². The van der Waals surface area contributed by atoms with E-state index in [2.05, 4.69) is 6.92 Å². The van der Waals surface area contributed by atoms with Crippen molar-refractivity contribution in [1.29, 1.82) is 0 Å². The lowest BCUT2D eigenvalue weighted by Gasteiger charge is -2.15. The summed E-state index contributed by atoms with van der Waals surface area (Å²) in [6, 6.07) is 7.39. The molecule has 1 aromatic rings. The number of benzene rings is 1. The molecule has 1 aromatic carbocycles. The van der Waals surface area contributed by atoms with Crippen LogP contribution in [-0.4, -0.2) is 46.4 Å². The first-order valence-electron chi connectivity index (χ1n) is 7.34. The maximum Gasteiger partial charge on any atom is 0.197 e. The van der Waals surface area contributed by atoms with Crippen LogP contribution in [0.15, 0.2) is 24.3 Å². The summed E-state index contributed by atoms with van der Waals surface area (Å²) >= 11 is 0. The van der Waals surface area contributed by atoms with Gasteiger partial charge in [0.2, 0.25) is 0 Å². The highest BCUT2D eigenvalue weighted by atomic mass is 16.7. The zero-order valence-corrected chi connectivity index (χ0v) is 13.2. The second-order valence-electron chi connectivity index (χ2n) is 4.46. The van der Waals surface area contributed by atoms with E-state index in [4.69, 9.17) is 23.7 Å². The molecule has 0 heterocycles. The highest BCUT2D eigenvalue weighted by Crippen LogP contribution is 2.18. The summed E-state index contributed by atoms with van der Waals surface area (Å²) < 4.78 is 26.9. The van der Waals surface area contributed by atoms with Crippen molar-refractivity contribution in [2.24, 2.45) is 0 Å². The van der Waals surface area contributed by atoms with Gasteiger partial charge in [-0.2, -0.15) is 0 Å². The van der Waals surface area contributed by atoms with Crippen molar-refractivity contribution in [3.05, 3.63) is 24.3 Å². The van der Waals surface area contributed by atoms with E-state index < -0.39 is 0 Å². The molecule has 1 unspecified atom stereocenters. The third-order valence-electron chi connectivity index (χ3n) is 2.66. The zero-order chi connectivity index (χ0) is 15.3. The van der Waals surface area contributed by atoms with Crippen LogP contribution in [0.3, 0.4) is 0 Å². The Bertz CT molecular complexity index is 352. The van der Waals surface area contributed by atoms with Gasteiger partial charge in [0, 0.05) is 6.61 Å². The second-order valence-corrected chi connectivity index (χ2v) is 4.46. The van der Waals surface area contributed by atoms with Crippen molar-refractivity contribution < 1.29 is 23.7 Å². The third kappa shape index (κ3) is 8.55. The van der Waals surface area contributed by atoms with E-state index in [1.165, 1.54) is 0 Å². The van der Waals surface area contributed by atoms with Crippen molar-refractivity contribution in [3.8, 4) is 11.5 Å². The lowest BCUT2D eigenvalue weighted by molar-refractivity contribution is -0.0860. The van der Waals surface area contributed by atoms with E-state index in [1.54, 1.807) is 7.11 Å². The van der Waals surface area contributed by atoms with Crippen LogP contribution in [0, 0.1) is 0 Å². The van der Waals surface area contributed by atoms with Gasteiger partial charge in [0.15, 0.2) is 6.29 Å². The fourth-order valence-electron chi connectivity index (χ4n) is 1.62. The topological polar surface area (TPSA) is 46.2 Å². The first kappa shape index (κ1) is 17.8. The Morgan fingerprint density at radius 2 is 1.43 bits per heavy atom. The highest BCUT2D eigenvalue weighted by Gasteiger charge is 2.04. The molecule has 5 heteroatoms. The lowest BCUT2D eigenvalue weighted by atomic mass is 10.3. The summed E-state index contributed by atoms with van der Waals surface area (Å²) in [6.07, 6.45) is 0.710. The van der Waals surface area contributed by atoms with E-state index in [0.717, 1.165) is 24.5 Å². The number of hydrogen-bond acceptors (Lipinski definition) is 5. The summed E-state index contributed by atoms with van der Waals surface area (Å²) in [7, 11) is 1.63. The van der Waals surface area contributed by atoms with E-state index >= 15 is 0 Å². The summed E-state index contributed by atoms with van der Waals surface area (Å²) in [4.78, 5) is 0. The van der Waals surface area contributed by atoms with Gasteiger partial charge in [-0.05, 0) is 37.6 Å². The second kappa shape index (κ2) is 11.4. The monoisotopic (exact) mass is 298 g/mol. The summed E-state index contributed by atoms with van der Waals surface area (Å²) in [5, 5.41) is 0. The molecule has 0 fully saturated rings. The molecule has 0 aliphatic carbocycles. The molecule has 0 aliphatic heterocycles. The van der Waals surface area contributed by atoms with Crippen molar-refractivity contribution in [2.45, 2.75) is 26.6 Å². The molecule has 0 spiro atoms. The van der Waals surface area contributed by atoms with Gasteiger partial charge in [0.25, 0.3) is 0 Å². The minimum absolute atomic E-state index is 0.321. The molecule has 120 valence electrons. The van der Waals surface area contributed by atoms with E-state index in [9.17, 15) is 0 Å². The molecular formula is C16H26O5. The van der Waals surface area contributed by atoms with Gasteiger partial charge in [-0.15, -0.1) is 0 Å². The summed E-state index contributed by atoms with van der Waals surface area (Å²) in [5.41, 5.74) is 0. The molecule has 0 bridgehead atoms. The number of rotatable bonds is 12. The molecule has 1 rings (SSSR count). The molecular weight excluding hydrogens is 272 g/mol. The smallest absolute Gasteiger partial charge is 0.197 e. The number of methoxy groups -OCH3 is 1. The average Bonchev–Trinajstić information content (AvgIpc) is 2.50. The van der Waals surface area contributed by atoms with Crippen molar-refractivity contribution in [1.82, 2.24) is 0 Å². The molecule has 1 atom stereocenters. The molecule has 0 aliphatic rings. The van der Waals surface area contributed by atoms with Gasteiger partial charge in [0.05, 0.1) is 33.5 Å². The summed E-state index contributed by atoms with van der Waals surface area (Å²) in [6.45, 7) is 6.97. The standard InChI is InChI=1S/C16H26O5/c1-4-9-18-10-11-19-12-13-20-14(2)21-16-7-5-15(17-3)6-8-16/h5-8,14H,4,9-13H2,1-3H3. The Morgan fingerprint density at radius 1 is 0.857 bits per heavy atom. The molecule has 0 saturated carbocycles. The van der Waals surface area contributed by atoms with Gasteiger partial charge in [-0.3, -0.25) is 0 Å². The Hall–Kier alpha value is -1.30. The molecule has 0 saturated heterocycles. The fourth-order valence-corrected chi connectivity index (χ4v) is 1.62. The average molecular weight is 298 g/mol. The highest BCUT2D eigenvalue weighted by molar-refractivity contribution is 5.31. The van der Waals surface area contributed by atoms with Gasteiger partial charge in [0.1, 0.15) is 11.5 Å². The molecule has 0 N–H and O–H groups in total. The van der Waals surface area contributed by atoms with Crippen molar-refractivity contribution in [2.75, 3.05) is 40.1 Å². The third-order valence-corrected chi connectivity index (χ3v) is 2.66. The number of ether oxygens (including phenoxy) is 5. The number of hydrogen-bond donors (Lipinski definition) is 0. The Morgan fingerprint density at radius 3 is 2.05 bits per heavy atom. The van der Waals surface area contributed by atoms with Crippen molar-refractivity contribution >= 4 is 0 Å². The van der Waals surface area contributed by atoms with Crippen LogP contribution in [0.5, 0.6) is 11.5 Å². The SMILES string of the molecule is CCCOCCOCCOC(C)Oc1ccc(OC)cc1. The zero-order valence-electron chi connectivity index (χ0n) is 13.2. The molecule has 0 amide bonds. The first-order chi connectivity index (χ1) is 10.3. The van der Waals surface area contributed by atoms with Crippen LogP contribution < -0.4 is 9.47 Å². The fraction of sp³-hybridized carbons (Fsp3) is 0.625. The maximum absolute atomic E-state index is 5.62. The van der Waals surface area contributed by atoms with Crippen LogP contribution in [0.25, 0.3) is 0 Å². The lowest BCUT2D eigenvalue weighted by Crippen LogP contribution is -2.19. The van der Waals surface area contributed by atoms with Crippen LogP contribution in [0.1, 0.15) is 20.3 Å². The predicted octanol–water partition coefficient (Wildman–Crippen LogP) is 2.88. The van der Waals surface area contributed by atoms with Gasteiger partial charge < -0.3 is 23.7 Å². The minimum Gasteiger partial charge on any atom is -0.497 e. The largest absolute Gasteiger partial charge is 0.497 e. The predicted molar refractivity (Wildman–Crippen MR) is 81.0 cm³/mol. The van der Waals surface area contributed by atoms with Crippen LogP contribution in [-0.2, 0) is 14.2 Å².